The van der Waals surface area contributed by atoms with Gasteiger partial charge in [-0.25, -0.2) is 0 Å². The van der Waals surface area contributed by atoms with Crippen molar-refractivity contribution in [2.75, 3.05) is 5.73 Å². The maximum absolute atomic E-state index is 5.41. The van der Waals surface area contributed by atoms with Crippen LogP contribution >= 0.6 is 22.6 Å². The summed E-state index contributed by atoms with van der Waals surface area (Å²) < 4.78 is 7.54. The van der Waals surface area contributed by atoms with Crippen molar-refractivity contribution in [1.82, 2.24) is 14.9 Å². The van der Waals surface area contributed by atoms with Gasteiger partial charge in [0, 0.05) is 13.1 Å². The van der Waals surface area contributed by atoms with E-state index in [0.717, 1.165) is 15.0 Å². The molecular formula is C7H7IN4O. The second-order valence-electron chi connectivity index (χ2n) is 2.59. The minimum absolute atomic E-state index is 0.314. The van der Waals surface area contributed by atoms with Crippen LogP contribution in [0.4, 0.5) is 5.88 Å². The van der Waals surface area contributed by atoms with Crippen LogP contribution in [0, 0.1) is 3.70 Å². The number of hydrogen-bond acceptors (Lipinski definition) is 4. The number of nitrogen functional groups attached to an aromatic ring is 1. The first-order valence-corrected chi connectivity index (χ1v) is 4.66. The second kappa shape index (κ2) is 3.02. The Morgan fingerprint density at radius 3 is 2.85 bits per heavy atom. The predicted molar refractivity (Wildman–Crippen MR) is 55.8 cm³/mol. The molecule has 0 aliphatic rings. The third-order valence-electron chi connectivity index (χ3n) is 1.67. The first-order chi connectivity index (χ1) is 6.18. The van der Waals surface area contributed by atoms with Crippen LogP contribution in [0.3, 0.4) is 0 Å². The summed E-state index contributed by atoms with van der Waals surface area (Å²) in [6.45, 7) is 0. The molecule has 0 atom stereocenters. The summed E-state index contributed by atoms with van der Waals surface area (Å²) in [5.41, 5.74) is 7.07. The fraction of sp³-hybridized carbons (Fsp3) is 0.143. The van der Waals surface area contributed by atoms with E-state index in [1.165, 1.54) is 0 Å². The van der Waals surface area contributed by atoms with Crippen molar-refractivity contribution in [1.29, 1.82) is 0 Å². The van der Waals surface area contributed by atoms with Gasteiger partial charge in [-0.2, -0.15) is 5.10 Å². The Kier molecular flexibility index (Phi) is 1.98. The van der Waals surface area contributed by atoms with Crippen LogP contribution in [-0.2, 0) is 7.05 Å². The van der Waals surface area contributed by atoms with Crippen LogP contribution in [0.5, 0.6) is 0 Å². The monoisotopic (exact) mass is 290 g/mol. The van der Waals surface area contributed by atoms with E-state index in [4.69, 9.17) is 10.3 Å². The van der Waals surface area contributed by atoms with Crippen molar-refractivity contribution in [3.05, 3.63) is 16.0 Å². The van der Waals surface area contributed by atoms with E-state index in [-0.39, 0.29) is 0 Å². The maximum atomic E-state index is 5.41. The summed E-state index contributed by atoms with van der Waals surface area (Å²) in [5.74, 6) is 0.314. The Bertz CT molecular complexity index is 433. The molecule has 5 nitrogen and oxygen atoms in total. The Morgan fingerprint density at radius 1 is 1.62 bits per heavy atom. The van der Waals surface area contributed by atoms with Gasteiger partial charge >= 0.3 is 0 Å². The van der Waals surface area contributed by atoms with E-state index in [1.807, 2.05) is 7.05 Å². The first-order valence-electron chi connectivity index (χ1n) is 3.58. The molecule has 0 spiro atoms. The van der Waals surface area contributed by atoms with Gasteiger partial charge in [0.1, 0.15) is 9.39 Å². The van der Waals surface area contributed by atoms with Gasteiger partial charge in [0.15, 0.2) is 0 Å². The molecule has 0 radical (unpaired) electrons. The van der Waals surface area contributed by atoms with Gasteiger partial charge in [0.25, 0.3) is 0 Å². The number of nitrogens with zero attached hydrogens (tertiary/aromatic N) is 3. The zero-order chi connectivity index (χ0) is 9.42. The summed E-state index contributed by atoms with van der Waals surface area (Å²) in [7, 11) is 1.87. The number of anilines is 1. The molecule has 13 heavy (non-hydrogen) atoms. The zero-order valence-electron chi connectivity index (χ0n) is 6.86. The number of nitrogens with two attached hydrogens (primary N) is 1. The molecule has 2 heterocycles. The number of aromatic nitrogens is 3. The average molecular weight is 290 g/mol. The Hall–Kier alpha value is -1.05. The SMILES string of the molecule is Cn1ncc(-c2cc(N)on2)c1I. The van der Waals surface area contributed by atoms with E-state index in [2.05, 4.69) is 32.8 Å². The average Bonchev–Trinajstić information content (AvgIpc) is 2.62. The van der Waals surface area contributed by atoms with Gasteiger partial charge in [-0.05, 0) is 22.6 Å². The molecule has 0 saturated carbocycles. The standard InChI is InChI=1S/C7H7IN4O/c1-12-7(8)4(3-10-12)5-2-6(9)13-11-5/h2-3H,9H2,1H3. The molecule has 0 aliphatic heterocycles. The fourth-order valence-corrected chi connectivity index (χ4v) is 1.55. The van der Waals surface area contributed by atoms with Gasteiger partial charge < -0.3 is 10.3 Å². The molecule has 2 aromatic heterocycles. The highest BCUT2D eigenvalue weighted by atomic mass is 127. The largest absolute Gasteiger partial charge is 0.368 e. The third kappa shape index (κ3) is 1.41. The Balaban J connectivity index is 2.52. The van der Waals surface area contributed by atoms with Gasteiger partial charge in [-0.3, -0.25) is 4.68 Å². The minimum Gasteiger partial charge on any atom is -0.368 e. The van der Waals surface area contributed by atoms with Crippen molar-refractivity contribution in [2.24, 2.45) is 7.05 Å². The van der Waals surface area contributed by atoms with Gasteiger partial charge in [-0.1, -0.05) is 5.16 Å². The minimum atomic E-state index is 0.314. The maximum Gasteiger partial charge on any atom is 0.222 e. The third-order valence-corrected chi connectivity index (χ3v) is 2.95. The highest BCUT2D eigenvalue weighted by Crippen LogP contribution is 2.24. The molecule has 0 saturated heterocycles. The summed E-state index contributed by atoms with van der Waals surface area (Å²) >= 11 is 2.19. The van der Waals surface area contributed by atoms with Crippen LogP contribution in [0.15, 0.2) is 16.8 Å². The number of aryl methyl sites for hydroxylation is 1. The van der Waals surface area contributed by atoms with Crippen molar-refractivity contribution in [3.8, 4) is 11.3 Å². The predicted octanol–water partition coefficient (Wildman–Crippen LogP) is 1.26. The van der Waals surface area contributed by atoms with Crippen molar-refractivity contribution < 1.29 is 4.52 Å². The molecule has 0 fully saturated rings. The molecule has 0 bridgehead atoms. The van der Waals surface area contributed by atoms with Crippen molar-refractivity contribution >= 4 is 28.5 Å². The Morgan fingerprint density at radius 2 is 2.38 bits per heavy atom. The summed E-state index contributed by atoms with van der Waals surface area (Å²) in [6.07, 6.45) is 1.74. The van der Waals surface area contributed by atoms with Crippen LogP contribution < -0.4 is 5.73 Å². The summed E-state index contributed by atoms with van der Waals surface area (Å²) in [6, 6.07) is 1.68. The molecule has 2 rings (SSSR count). The molecule has 0 amide bonds. The topological polar surface area (TPSA) is 69.9 Å². The molecule has 2 N–H and O–H groups in total. The van der Waals surface area contributed by atoms with Crippen LogP contribution in [0.25, 0.3) is 11.3 Å². The highest BCUT2D eigenvalue weighted by Gasteiger charge is 2.11. The van der Waals surface area contributed by atoms with E-state index in [9.17, 15) is 0 Å². The van der Waals surface area contributed by atoms with Gasteiger partial charge in [0.2, 0.25) is 5.88 Å². The van der Waals surface area contributed by atoms with Gasteiger partial charge in [-0.15, -0.1) is 0 Å². The highest BCUT2D eigenvalue weighted by molar-refractivity contribution is 14.1. The number of rotatable bonds is 1. The lowest BCUT2D eigenvalue weighted by atomic mass is 10.3. The molecule has 2 aromatic rings. The molecule has 68 valence electrons. The molecule has 0 unspecified atom stereocenters. The van der Waals surface area contributed by atoms with E-state index in [0.29, 0.717) is 5.88 Å². The summed E-state index contributed by atoms with van der Waals surface area (Å²) in [5, 5.41) is 7.89. The smallest absolute Gasteiger partial charge is 0.222 e. The lowest BCUT2D eigenvalue weighted by molar-refractivity contribution is 0.439. The fourth-order valence-electron chi connectivity index (χ4n) is 1.01. The molecule has 0 aromatic carbocycles. The van der Waals surface area contributed by atoms with Crippen LogP contribution in [0.2, 0.25) is 0 Å². The van der Waals surface area contributed by atoms with Crippen LogP contribution in [-0.4, -0.2) is 14.9 Å². The second-order valence-corrected chi connectivity index (χ2v) is 3.61. The normalized spacial score (nSPS) is 10.6. The molecule has 6 heteroatoms. The number of halogens is 1. The Labute approximate surface area is 88.0 Å². The summed E-state index contributed by atoms with van der Waals surface area (Å²) in [4.78, 5) is 0. The van der Waals surface area contributed by atoms with E-state index in [1.54, 1.807) is 16.9 Å². The first kappa shape index (κ1) is 8.54. The van der Waals surface area contributed by atoms with Gasteiger partial charge in [0.05, 0.1) is 11.8 Å². The van der Waals surface area contributed by atoms with E-state index < -0.39 is 0 Å². The molecule has 0 aliphatic carbocycles. The zero-order valence-corrected chi connectivity index (χ0v) is 9.02. The van der Waals surface area contributed by atoms with Crippen molar-refractivity contribution in [3.63, 3.8) is 0 Å². The van der Waals surface area contributed by atoms with Crippen molar-refractivity contribution in [2.45, 2.75) is 0 Å². The number of hydrogen-bond donors (Lipinski definition) is 1. The molecular weight excluding hydrogens is 283 g/mol. The van der Waals surface area contributed by atoms with E-state index >= 15 is 0 Å². The van der Waals surface area contributed by atoms with Crippen LogP contribution in [0.1, 0.15) is 0 Å². The lowest BCUT2D eigenvalue weighted by Crippen LogP contribution is -1.92. The quantitative estimate of drug-likeness (QED) is 0.803. The lowest BCUT2D eigenvalue weighted by Gasteiger charge is -1.92.